The van der Waals surface area contributed by atoms with Gasteiger partial charge in [0.2, 0.25) is 0 Å². The van der Waals surface area contributed by atoms with E-state index in [1.807, 2.05) is 48.7 Å². The number of amides is 2. The lowest BCUT2D eigenvalue weighted by Crippen LogP contribution is -2.36. The smallest absolute Gasteiger partial charge is 0.275 e. The fraction of sp³-hybridized carbons (Fsp3) is 0.259. The summed E-state index contributed by atoms with van der Waals surface area (Å²) >= 11 is 3.09. The van der Waals surface area contributed by atoms with Gasteiger partial charge >= 0.3 is 0 Å². The zero-order valence-electron chi connectivity index (χ0n) is 21.5. The third-order valence-electron chi connectivity index (χ3n) is 5.99. The Morgan fingerprint density at radius 1 is 1.08 bits per heavy atom. The summed E-state index contributed by atoms with van der Waals surface area (Å²) in [5, 5.41) is 3.76. The summed E-state index contributed by atoms with van der Waals surface area (Å²) in [7, 11) is 4.10. The van der Waals surface area contributed by atoms with Crippen LogP contribution in [0.5, 0.6) is 5.75 Å². The molecule has 0 saturated heterocycles. The van der Waals surface area contributed by atoms with Crippen LogP contribution in [0.3, 0.4) is 0 Å². The Balaban J connectivity index is 0.00000336. The Hall–Kier alpha value is -3.31. The summed E-state index contributed by atoms with van der Waals surface area (Å²) < 4.78 is 5.89. The maximum atomic E-state index is 12.6. The lowest BCUT2D eigenvalue weighted by Gasteiger charge is -2.17. The number of halogens is 1. The third-order valence-corrected chi connectivity index (χ3v) is 8.09. The highest BCUT2D eigenvalue weighted by molar-refractivity contribution is 7.22. The highest BCUT2D eigenvalue weighted by Gasteiger charge is 2.30. The number of nitrogens with one attached hydrogen (secondary N) is 1. The molecule has 2 amide bonds. The number of aryl methyl sites for hydroxylation is 1. The van der Waals surface area contributed by atoms with Gasteiger partial charge in [-0.3, -0.25) is 15.0 Å². The first-order valence-electron chi connectivity index (χ1n) is 11.9. The largest absolute Gasteiger partial charge is 0.494 e. The van der Waals surface area contributed by atoms with Crippen LogP contribution in [0.25, 0.3) is 31.4 Å². The molecule has 11 heteroatoms. The molecular formula is C27H28ClN5O3S2. The maximum absolute atomic E-state index is 12.6. The number of thiophene rings is 2. The number of fused-ring (bicyclic) bond motifs is 1. The second-order valence-corrected chi connectivity index (χ2v) is 11.0. The van der Waals surface area contributed by atoms with E-state index < -0.39 is 5.91 Å². The normalized spacial score (nSPS) is 13.3. The number of carbonyl (C=O) groups is 2. The van der Waals surface area contributed by atoms with Crippen LogP contribution in [0.2, 0.25) is 0 Å². The average molecular weight is 570 g/mol. The van der Waals surface area contributed by atoms with Crippen molar-refractivity contribution in [3.8, 4) is 26.9 Å². The fourth-order valence-electron chi connectivity index (χ4n) is 4.08. The van der Waals surface area contributed by atoms with Crippen LogP contribution in [0.15, 0.2) is 53.4 Å². The topological polar surface area (TPSA) is 87.7 Å². The molecule has 0 saturated carbocycles. The van der Waals surface area contributed by atoms with Crippen LogP contribution >= 0.6 is 35.1 Å². The van der Waals surface area contributed by atoms with E-state index in [0.717, 1.165) is 54.8 Å². The number of anilines is 1. The molecule has 0 fully saturated rings. The summed E-state index contributed by atoms with van der Waals surface area (Å²) in [6, 6.07) is 11.9. The Bertz CT molecular complexity index is 1500. The van der Waals surface area contributed by atoms with E-state index in [1.54, 1.807) is 18.3 Å². The standard InChI is InChI=1S/C27H27N5O3S2.ClH/c1-16-15-21(33)32(27(16)34)30-25-22-17(2)23(37-26(22)29-24(28-25)20-7-5-14-36-20)18-8-10-19(11-9-18)35-13-6-12-31(3)4;/h5,7-11,14-15H,6,12-13H2,1-4H3,(H,28,29,30);1H. The lowest BCUT2D eigenvalue weighted by atomic mass is 10.1. The molecule has 0 aliphatic carbocycles. The Labute approximate surface area is 235 Å². The maximum Gasteiger partial charge on any atom is 0.275 e. The number of ether oxygens (including phenoxy) is 1. The van der Waals surface area contributed by atoms with Gasteiger partial charge in [-0.15, -0.1) is 35.1 Å². The minimum absolute atomic E-state index is 0. The molecule has 4 aromatic rings. The number of benzene rings is 1. The molecule has 0 unspecified atom stereocenters. The first-order valence-corrected chi connectivity index (χ1v) is 13.6. The molecule has 4 heterocycles. The van der Waals surface area contributed by atoms with E-state index >= 15 is 0 Å². The Kier molecular flexibility index (Phi) is 8.47. The van der Waals surface area contributed by atoms with Crippen molar-refractivity contribution in [3.63, 3.8) is 0 Å². The first-order chi connectivity index (χ1) is 17.8. The molecule has 1 N–H and O–H groups in total. The molecule has 1 aliphatic heterocycles. The van der Waals surface area contributed by atoms with Gasteiger partial charge in [0, 0.05) is 23.1 Å². The molecule has 5 rings (SSSR count). The zero-order chi connectivity index (χ0) is 26.1. The monoisotopic (exact) mass is 569 g/mol. The van der Waals surface area contributed by atoms with E-state index in [9.17, 15) is 9.59 Å². The Morgan fingerprint density at radius 2 is 1.84 bits per heavy atom. The molecule has 1 aromatic carbocycles. The molecule has 0 bridgehead atoms. The van der Waals surface area contributed by atoms with Crippen molar-refractivity contribution in [2.24, 2.45) is 0 Å². The number of hydrogen-bond acceptors (Lipinski definition) is 9. The van der Waals surface area contributed by atoms with Crippen molar-refractivity contribution in [3.05, 3.63) is 59.0 Å². The lowest BCUT2D eigenvalue weighted by molar-refractivity contribution is -0.135. The van der Waals surface area contributed by atoms with Crippen molar-refractivity contribution in [2.45, 2.75) is 20.3 Å². The molecule has 0 atom stereocenters. The third kappa shape index (κ3) is 5.58. The molecular weight excluding hydrogens is 542 g/mol. The summed E-state index contributed by atoms with van der Waals surface area (Å²) in [5.74, 6) is 1.00. The van der Waals surface area contributed by atoms with E-state index in [1.165, 1.54) is 17.4 Å². The van der Waals surface area contributed by atoms with Crippen LogP contribution in [0.1, 0.15) is 18.9 Å². The highest BCUT2D eigenvalue weighted by Crippen LogP contribution is 2.42. The number of nitrogens with zero attached hydrogens (tertiary/aromatic N) is 4. The van der Waals surface area contributed by atoms with Gasteiger partial charge in [0.25, 0.3) is 11.8 Å². The molecule has 0 spiro atoms. The highest BCUT2D eigenvalue weighted by atomic mass is 35.5. The number of hydrazine groups is 1. The summed E-state index contributed by atoms with van der Waals surface area (Å²) in [5.41, 5.74) is 5.38. The molecule has 198 valence electrons. The molecule has 1 aliphatic rings. The van der Waals surface area contributed by atoms with E-state index in [-0.39, 0.29) is 18.3 Å². The van der Waals surface area contributed by atoms with Gasteiger partial charge in [0.1, 0.15) is 10.6 Å². The second-order valence-electron chi connectivity index (χ2n) is 9.06. The van der Waals surface area contributed by atoms with Crippen molar-refractivity contribution >= 4 is 62.9 Å². The van der Waals surface area contributed by atoms with Crippen LogP contribution in [-0.4, -0.2) is 58.9 Å². The minimum atomic E-state index is -0.416. The molecule has 3 aromatic heterocycles. The van der Waals surface area contributed by atoms with Gasteiger partial charge in [-0.05, 0) is 81.2 Å². The second kappa shape index (κ2) is 11.6. The van der Waals surface area contributed by atoms with Gasteiger partial charge in [0.05, 0.1) is 16.9 Å². The van der Waals surface area contributed by atoms with Gasteiger partial charge in [0.15, 0.2) is 11.6 Å². The molecule has 38 heavy (non-hydrogen) atoms. The molecule has 8 nitrogen and oxygen atoms in total. The van der Waals surface area contributed by atoms with E-state index in [2.05, 4.69) is 24.4 Å². The fourth-order valence-corrected chi connectivity index (χ4v) is 5.93. The van der Waals surface area contributed by atoms with Gasteiger partial charge in [-0.1, -0.05) is 6.07 Å². The predicted octanol–water partition coefficient (Wildman–Crippen LogP) is 5.79. The van der Waals surface area contributed by atoms with Crippen LogP contribution < -0.4 is 10.2 Å². The van der Waals surface area contributed by atoms with E-state index in [0.29, 0.717) is 23.8 Å². The van der Waals surface area contributed by atoms with Crippen molar-refractivity contribution in [2.75, 3.05) is 32.7 Å². The summed E-state index contributed by atoms with van der Waals surface area (Å²) in [6.07, 6.45) is 2.28. The quantitative estimate of drug-likeness (QED) is 0.202. The van der Waals surface area contributed by atoms with Crippen molar-refractivity contribution in [1.82, 2.24) is 19.9 Å². The number of aromatic nitrogens is 2. The zero-order valence-corrected chi connectivity index (χ0v) is 23.9. The van der Waals surface area contributed by atoms with Gasteiger partial charge in [-0.25, -0.2) is 9.97 Å². The average Bonchev–Trinajstić information content (AvgIpc) is 3.58. The number of imide groups is 1. The van der Waals surface area contributed by atoms with E-state index in [4.69, 9.17) is 14.7 Å². The van der Waals surface area contributed by atoms with Crippen LogP contribution in [0, 0.1) is 6.92 Å². The minimum Gasteiger partial charge on any atom is -0.494 e. The van der Waals surface area contributed by atoms with Gasteiger partial charge < -0.3 is 9.64 Å². The van der Waals surface area contributed by atoms with Crippen molar-refractivity contribution in [1.29, 1.82) is 0 Å². The predicted molar refractivity (Wildman–Crippen MR) is 156 cm³/mol. The number of hydrogen-bond donors (Lipinski definition) is 1. The first kappa shape index (κ1) is 27.7. The van der Waals surface area contributed by atoms with Crippen LogP contribution in [-0.2, 0) is 9.59 Å². The number of rotatable bonds is 9. The number of carbonyl (C=O) groups excluding carboxylic acids is 2. The van der Waals surface area contributed by atoms with Crippen LogP contribution in [0.4, 0.5) is 5.82 Å². The summed E-state index contributed by atoms with van der Waals surface area (Å²) in [4.78, 5) is 39.4. The summed E-state index contributed by atoms with van der Waals surface area (Å²) in [6.45, 7) is 5.28. The van der Waals surface area contributed by atoms with Crippen molar-refractivity contribution < 1.29 is 14.3 Å². The Morgan fingerprint density at radius 3 is 2.47 bits per heavy atom. The molecule has 0 radical (unpaired) electrons. The SMILES string of the molecule is CC1=CC(=O)N(Nc2nc(-c3cccs3)nc3sc(-c4ccc(OCCCN(C)C)cc4)c(C)c23)C1=O.Cl. The van der Waals surface area contributed by atoms with Gasteiger partial charge in [-0.2, -0.15) is 5.01 Å².